The minimum absolute atomic E-state index is 0.0544. The van der Waals surface area contributed by atoms with Gasteiger partial charge in [-0.15, -0.1) is 0 Å². The molecule has 5 heteroatoms. The van der Waals surface area contributed by atoms with Crippen LogP contribution in [0.2, 0.25) is 0 Å². The van der Waals surface area contributed by atoms with E-state index in [-0.39, 0.29) is 12.2 Å². The minimum Gasteiger partial charge on any atom is -0.294 e. The molecule has 0 aliphatic carbocycles. The highest BCUT2D eigenvalue weighted by molar-refractivity contribution is 9.10. The lowest BCUT2D eigenvalue weighted by molar-refractivity contribution is -0.137. The Morgan fingerprint density at radius 2 is 1.86 bits per heavy atom. The van der Waals surface area contributed by atoms with Crippen LogP contribution in [0.3, 0.4) is 0 Å². The van der Waals surface area contributed by atoms with Gasteiger partial charge in [0.05, 0.1) is 5.56 Å². The quantitative estimate of drug-likeness (QED) is 0.690. The maximum atomic E-state index is 12.7. The highest BCUT2D eigenvalue weighted by Crippen LogP contribution is 2.30. The molecule has 0 unspecified atom stereocenters. The molecule has 1 nitrogen and oxygen atoms in total. The van der Waals surface area contributed by atoms with Gasteiger partial charge in [-0.1, -0.05) is 40.2 Å². The van der Waals surface area contributed by atoms with Crippen molar-refractivity contribution in [2.24, 2.45) is 0 Å². The topological polar surface area (TPSA) is 17.1 Å². The molecule has 0 N–H and O–H groups in total. The van der Waals surface area contributed by atoms with Crippen molar-refractivity contribution in [3.8, 4) is 0 Å². The van der Waals surface area contributed by atoms with Gasteiger partial charge < -0.3 is 0 Å². The van der Waals surface area contributed by atoms with Crippen LogP contribution in [0.5, 0.6) is 0 Å². The first-order valence-electron chi connectivity index (χ1n) is 6.23. The van der Waals surface area contributed by atoms with Gasteiger partial charge in [-0.2, -0.15) is 13.2 Å². The third kappa shape index (κ3) is 3.94. The Balaban J connectivity index is 2.26. The second-order valence-corrected chi connectivity index (χ2v) is 5.67. The summed E-state index contributed by atoms with van der Waals surface area (Å²) in [5.74, 6) is -0.201. The molecule has 0 heterocycles. The van der Waals surface area contributed by atoms with Crippen LogP contribution in [-0.4, -0.2) is 5.78 Å². The third-order valence-corrected chi connectivity index (χ3v) is 3.61. The number of aryl methyl sites for hydroxylation is 1. The SMILES string of the molecule is Cc1ccc(Br)cc1C(=O)Cc1cccc(C(F)(F)F)c1. The van der Waals surface area contributed by atoms with Crippen LogP contribution in [0.15, 0.2) is 46.9 Å². The summed E-state index contributed by atoms with van der Waals surface area (Å²) in [5, 5.41) is 0. The Morgan fingerprint density at radius 1 is 1.14 bits per heavy atom. The van der Waals surface area contributed by atoms with E-state index < -0.39 is 11.7 Å². The number of alkyl halides is 3. The lowest BCUT2D eigenvalue weighted by Crippen LogP contribution is -2.09. The number of benzene rings is 2. The number of rotatable bonds is 3. The van der Waals surface area contributed by atoms with Crippen molar-refractivity contribution in [1.29, 1.82) is 0 Å². The monoisotopic (exact) mass is 356 g/mol. The van der Waals surface area contributed by atoms with Gasteiger partial charge in [0.25, 0.3) is 0 Å². The first-order chi connectivity index (χ1) is 9.77. The third-order valence-electron chi connectivity index (χ3n) is 3.12. The summed E-state index contributed by atoms with van der Waals surface area (Å²) < 4.78 is 38.7. The molecule has 0 saturated carbocycles. The van der Waals surface area contributed by atoms with E-state index in [9.17, 15) is 18.0 Å². The first kappa shape index (κ1) is 15.8. The molecule has 21 heavy (non-hydrogen) atoms. The Hall–Kier alpha value is -1.62. The summed E-state index contributed by atoms with van der Waals surface area (Å²) in [5.41, 5.74) is 0.935. The van der Waals surface area contributed by atoms with E-state index in [2.05, 4.69) is 15.9 Å². The first-order valence-corrected chi connectivity index (χ1v) is 7.02. The zero-order valence-electron chi connectivity index (χ0n) is 11.2. The van der Waals surface area contributed by atoms with Crippen LogP contribution in [0.25, 0.3) is 0 Å². The van der Waals surface area contributed by atoms with Crippen molar-refractivity contribution in [1.82, 2.24) is 0 Å². The highest BCUT2D eigenvalue weighted by Gasteiger charge is 2.30. The smallest absolute Gasteiger partial charge is 0.294 e. The Labute approximate surface area is 128 Å². The van der Waals surface area contributed by atoms with Crippen molar-refractivity contribution in [2.45, 2.75) is 19.5 Å². The number of halogens is 4. The molecule has 110 valence electrons. The molecule has 2 aromatic carbocycles. The average Bonchev–Trinajstić information content (AvgIpc) is 2.41. The molecule has 2 aromatic rings. The number of ketones is 1. The predicted octanol–water partition coefficient (Wildman–Crippen LogP) is 5.20. The van der Waals surface area contributed by atoms with Gasteiger partial charge in [0.1, 0.15) is 0 Å². The largest absolute Gasteiger partial charge is 0.416 e. The lowest BCUT2D eigenvalue weighted by Gasteiger charge is -2.09. The Kier molecular flexibility index (Phi) is 4.52. The van der Waals surface area contributed by atoms with E-state index in [1.807, 2.05) is 6.07 Å². The zero-order chi connectivity index (χ0) is 15.6. The minimum atomic E-state index is -4.40. The van der Waals surface area contributed by atoms with Crippen LogP contribution in [0, 0.1) is 6.92 Å². The van der Waals surface area contributed by atoms with E-state index in [4.69, 9.17) is 0 Å². The van der Waals surface area contributed by atoms with Gasteiger partial charge in [0.15, 0.2) is 5.78 Å². The van der Waals surface area contributed by atoms with E-state index >= 15 is 0 Å². The van der Waals surface area contributed by atoms with Crippen molar-refractivity contribution < 1.29 is 18.0 Å². The fourth-order valence-electron chi connectivity index (χ4n) is 2.03. The molecule has 2 rings (SSSR count). The average molecular weight is 357 g/mol. The summed E-state index contributed by atoms with van der Waals surface area (Å²) in [4.78, 5) is 12.2. The summed E-state index contributed by atoms with van der Waals surface area (Å²) in [6.45, 7) is 1.80. The Morgan fingerprint density at radius 3 is 2.52 bits per heavy atom. The van der Waals surface area contributed by atoms with Gasteiger partial charge in [-0.05, 0) is 36.2 Å². The number of carbonyl (C=O) groups is 1. The fraction of sp³-hybridized carbons (Fsp3) is 0.188. The van der Waals surface area contributed by atoms with Gasteiger partial charge in [-0.25, -0.2) is 0 Å². The molecule has 0 amide bonds. The molecular formula is C16H12BrF3O. The molecule has 0 aromatic heterocycles. The molecule has 0 fully saturated rings. The predicted molar refractivity (Wildman–Crippen MR) is 78.4 cm³/mol. The van der Waals surface area contributed by atoms with Gasteiger partial charge in [-0.3, -0.25) is 4.79 Å². The van der Waals surface area contributed by atoms with Crippen molar-refractivity contribution >= 4 is 21.7 Å². The molecule has 0 aliphatic heterocycles. The van der Waals surface area contributed by atoms with Crippen LogP contribution in [0.1, 0.15) is 27.0 Å². The van der Waals surface area contributed by atoms with Crippen LogP contribution >= 0.6 is 15.9 Å². The van der Waals surface area contributed by atoms with E-state index in [1.54, 1.807) is 19.1 Å². The van der Waals surface area contributed by atoms with Gasteiger partial charge >= 0.3 is 6.18 Å². The van der Waals surface area contributed by atoms with Gasteiger partial charge in [0, 0.05) is 16.5 Å². The second kappa shape index (κ2) is 6.02. The molecule has 0 saturated heterocycles. The van der Waals surface area contributed by atoms with Crippen LogP contribution in [0.4, 0.5) is 13.2 Å². The lowest BCUT2D eigenvalue weighted by atomic mass is 9.98. The number of carbonyl (C=O) groups excluding carboxylic acids is 1. The van der Waals surface area contributed by atoms with Crippen LogP contribution in [-0.2, 0) is 12.6 Å². The van der Waals surface area contributed by atoms with Crippen molar-refractivity contribution in [3.63, 3.8) is 0 Å². The van der Waals surface area contributed by atoms with Crippen molar-refractivity contribution in [2.75, 3.05) is 0 Å². The van der Waals surface area contributed by atoms with Crippen LogP contribution < -0.4 is 0 Å². The molecular weight excluding hydrogens is 345 g/mol. The maximum Gasteiger partial charge on any atom is 0.416 e. The number of hydrogen-bond acceptors (Lipinski definition) is 1. The van der Waals surface area contributed by atoms with E-state index in [1.165, 1.54) is 12.1 Å². The molecule has 0 aliphatic rings. The van der Waals surface area contributed by atoms with Crippen molar-refractivity contribution in [3.05, 3.63) is 69.2 Å². The summed E-state index contributed by atoms with van der Waals surface area (Å²) in [7, 11) is 0. The summed E-state index contributed by atoms with van der Waals surface area (Å²) >= 11 is 3.29. The Bertz CT molecular complexity index is 677. The number of hydrogen-bond donors (Lipinski definition) is 0. The van der Waals surface area contributed by atoms with E-state index in [0.29, 0.717) is 11.1 Å². The molecule has 0 radical (unpaired) electrons. The normalized spacial score (nSPS) is 11.5. The van der Waals surface area contributed by atoms with Gasteiger partial charge in [0.2, 0.25) is 0 Å². The fourth-order valence-corrected chi connectivity index (χ4v) is 2.39. The zero-order valence-corrected chi connectivity index (χ0v) is 12.8. The summed E-state index contributed by atoms with van der Waals surface area (Å²) in [6, 6.07) is 10.2. The molecule has 0 spiro atoms. The molecule has 0 atom stereocenters. The highest BCUT2D eigenvalue weighted by atomic mass is 79.9. The summed E-state index contributed by atoms with van der Waals surface area (Å²) in [6.07, 6.45) is -4.45. The standard InChI is InChI=1S/C16H12BrF3O/c1-10-5-6-13(17)9-14(10)15(21)8-11-3-2-4-12(7-11)16(18,19)20/h2-7,9H,8H2,1H3. The second-order valence-electron chi connectivity index (χ2n) is 4.76. The molecule has 0 bridgehead atoms. The maximum absolute atomic E-state index is 12.7. The number of Topliss-reactive ketones (excluding diaryl/α,β-unsaturated/α-hetero) is 1. The van der Waals surface area contributed by atoms with E-state index in [0.717, 1.165) is 22.2 Å².